The summed E-state index contributed by atoms with van der Waals surface area (Å²) >= 11 is 0. The van der Waals surface area contributed by atoms with Crippen molar-refractivity contribution >= 4 is 21.4 Å². The molecule has 0 atom stereocenters. The number of hydrogen-bond acceptors (Lipinski definition) is 4. The van der Waals surface area contributed by atoms with Crippen molar-refractivity contribution in [3.63, 3.8) is 0 Å². The molecule has 0 aliphatic carbocycles. The van der Waals surface area contributed by atoms with E-state index >= 15 is 0 Å². The number of carbonyl (C=O) groups excluding carboxylic acids is 1. The topological polar surface area (TPSA) is 75.3 Å². The fraction of sp³-hybridized carbons (Fsp3) is 0.500. The Labute approximate surface area is 129 Å². The molecule has 5 nitrogen and oxygen atoms in total. The third-order valence-electron chi connectivity index (χ3n) is 2.84. The van der Waals surface area contributed by atoms with Crippen LogP contribution in [0.2, 0.25) is 0 Å². The molecule has 1 aromatic rings. The molecule has 8 heteroatoms. The summed E-state index contributed by atoms with van der Waals surface area (Å²) in [4.78, 5) is 11.2. The Bertz CT molecular complexity index is 608. The molecule has 124 valence electrons. The van der Waals surface area contributed by atoms with Crippen LogP contribution >= 0.6 is 0 Å². The molecule has 0 aromatic heterocycles. The van der Waals surface area contributed by atoms with Gasteiger partial charge in [0.25, 0.3) is 0 Å². The zero-order valence-corrected chi connectivity index (χ0v) is 13.5. The van der Waals surface area contributed by atoms with Crippen LogP contribution < -0.4 is 10.6 Å². The standard InChI is InChI=1S/C14H20F2N2O3S/c1-14(2,3)12(19)18-9-8-17-10-4-6-11(7-5-10)22(20,21)13(15)16/h4-7,13,17H,8-9H2,1-3H3,(H,18,19). The summed E-state index contributed by atoms with van der Waals surface area (Å²) in [5, 5.41) is 5.71. The van der Waals surface area contributed by atoms with Gasteiger partial charge in [0.05, 0.1) is 4.90 Å². The summed E-state index contributed by atoms with van der Waals surface area (Å²) < 4.78 is 47.3. The van der Waals surface area contributed by atoms with Gasteiger partial charge in [-0.3, -0.25) is 4.79 Å². The van der Waals surface area contributed by atoms with E-state index in [0.29, 0.717) is 18.8 Å². The first-order valence-corrected chi connectivity index (χ1v) is 8.24. The van der Waals surface area contributed by atoms with E-state index in [0.717, 1.165) is 12.1 Å². The van der Waals surface area contributed by atoms with E-state index in [-0.39, 0.29) is 5.91 Å². The lowest BCUT2D eigenvalue weighted by molar-refractivity contribution is -0.128. The van der Waals surface area contributed by atoms with Crippen LogP contribution in [0.3, 0.4) is 0 Å². The van der Waals surface area contributed by atoms with Gasteiger partial charge in [-0.15, -0.1) is 0 Å². The molecule has 0 heterocycles. The van der Waals surface area contributed by atoms with Gasteiger partial charge in [-0.2, -0.15) is 8.78 Å². The molecular formula is C14H20F2N2O3S. The fourth-order valence-electron chi connectivity index (χ4n) is 1.51. The minimum Gasteiger partial charge on any atom is -0.383 e. The third-order valence-corrected chi connectivity index (χ3v) is 4.24. The van der Waals surface area contributed by atoms with Crippen molar-refractivity contribution in [3.8, 4) is 0 Å². The smallest absolute Gasteiger partial charge is 0.341 e. The molecule has 0 unspecified atom stereocenters. The van der Waals surface area contributed by atoms with Crippen LogP contribution in [-0.2, 0) is 14.6 Å². The first-order chi connectivity index (χ1) is 10.0. The first-order valence-electron chi connectivity index (χ1n) is 6.69. The Morgan fingerprint density at radius 3 is 2.14 bits per heavy atom. The second-order valence-electron chi connectivity index (χ2n) is 5.76. The van der Waals surface area contributed by atoms with Crippen molar-refractivity contribution in [3.05, 3.63) is 24.3 Å². The number of carbonyl (C=O) groups is 1. The Morgan fingerprint density at radius 1 is 1.14 bits per heavy atom. The van der Waals surface area contributed by atoms with Crippen LogP contribution in [-0.4, -0.2) is 33.2 Å². The van der Waals surface area contributed by atoms with E-state index in [4.69, 9.17) is 0 Å². The molecule has 0 fully saturated rings. The highest BCUT2D eigenvalue weighted by molar-refractivity contribution is 7.91. The quantitative estimate of drug-likeness (QED) is 0.783. The van der Waals surface area contributed by atoms with Gasteiger partial charge in [0.1, 0.15) is 0 Å². The van der Waals surface area contributed by atoms with Crippen LogP contribution in [0.15, 0.2) is 29.2 Å². The molecule has 0 saturated carbocycles. The predicted molar refractivity (Wildman–Crippen MR) is 80.6 cm³/mol. The lowest BCUT2D eigenvalue weighted by Crippen LogP contribution is -2.37. The summed E-state index contributed by atoms with van der Waals surface area (Å²) in [6.07, 6.45) is 0. The third kappa shape index (κ3) is 4.94. The van der Waals surface area contributed by atoms with Gasteiger partial charge in [-0.05, 0) is 24.3 Å². The van der Waals surface area contributed by atoms with Crippen LogP contribution in [0.25, 0.3) is 0 Å². The number of nitrogens with one attached hydrogen (secondary N) is 2. The number of benzene rings is 1. The highest BCUT2D eigenvalue weighted by Gasteiger charge is 2.26. The van der Waals surface area contributed by atoms with Gasteiger partial charge in [-0.25, -0.2) is 8.42 Å². The van der Waals surface area contributed by atoms with Gasteiger partial charge in [-0.1, -0.05) is 20.8 Å². The zero-order valence-electron chi connectivity index (χ0n) is 12.7. The SMILES string of the molecule is CC(C)(C)C(=O)NCCNc1ccc(S(=O)(=O)C(F)F)cc1. The van der Waals surface area contributed by atoms with Crippen molar-refractivity contribution in [1.29, 1.82) is 0 Å². The summed E-state index contributed by atoms with van der Waals surface area (Å²) in [6.45, 7) is 6.24. The summed E-state index contributed by atoms with van der Waals surface area (Å²) in [6, 6.07) is 5.05. The number of sulfone groups is 1. The lowest BCUT2D eigenvalue weighted by Gasteiger charge is -2.17. The van der Waals surface area contributed by atoms with Crippen molar-refractivity contribution in [2.75, 3.05) is 18.4 Å². The van der Waals surface area contributed by atoms with E-state index in [1.54, 1.807) is 20.8 Å². The zero-order chi connectivity index (χ0) is 17.0. The van der Waals surface area contributed by atoms with Crippen molar-refractivity contribution in [1.82, 2.24) is 5.32 Å². The van der Waals surface area contributed by atoms with Gasteiger partial charge < -0.3 is 10.6 Å². The molecule has 0 radical (unpaired) electrons. The van der Waals surface area contributed by atoms with Crippen LogP contribution in [0, 0.1) is 5.41 Å². The molecule has 0 aliphatic heterocycles. The van der Waals surface area contributed by atoms with Crippen molar-refractivity contribution < 1.29 is 22.0 Å². The average Bonchev–Trinajstić information content (AvgIpc) is 2.42. The van der Waals surface area contributed by atoms with Gasteiger partial charge in [0.15, 0.2) is 0 Å². The van der Waals surface area contributed by atoms with Gasteiger partial charge >= 0.3 is 5.76 Å². The van der Waals surface area contributed by atoms with E-state index < -0.39 is 25.9 Å². The van der Waals surface area contributed by atoms with E-state index in [1.807, 2.05) is 0 Å². The molecule has 1 amide bonds. The number of hydrogen-bond donors (Lipinski definition) is 2. The molecule has 1 aromatic carbocycles. The highest BCUT2D eigenvalue weighted by atomic mass is 32.2. The van der Waals surface area contributed by atoms with E-state index in [1.165, 1.54) is 12.1 Å². The van der Waals surface area contributed by atoms with Crippen molar-refractivity contribution in [2.24, 2.45) is 5.41 Å². The predicted octanol–water partition coefficient (Wildman–Crippen LogP) is 2.26. The summed E-state index contributed by atoms with van der Waals surface area (Å²) in [7, 11) is -4.56. The fourth-order valence-corrected chi connectivity index (χ4v) is 2.23. The van der Waals surface area contributed by atoms with Crippen LogP contribution in [0.1, 0.15) is 20.8 Å². The summed E-state index contributed by atoms with van der Waals surface area (Å²) in [5.41, 5.74) is 0.115. The monoisotopic (exact) mass is 334 g/mol. The minimum atomic E-state index is -4.56. The number of halogens is 2. The maximum Gasteiger partial charge on any atom is 0.341 e. The first kappa shape index (κ1) is 18.3. The number of alkyl halides is 2. The number of amides is 1. The Kier molecular flexibility index (Phi) is 5.87. The van der Waals surface area contributed by atoms with E-state index in [2.05, 4.69) is 10.6 Å². The normalized spacial score (nSPS) is 12.3. The lowest BCUT2D eigenvalue weighted by atomic mass is 9.96. The second-order valence-corrected chi connectivity index (χ2v) is 7.68. The minimum absolute atomic E-state index is 0.0762. The Balaban J connectivity index is 2.51. The molecule has 22 heavy (non-hydrogen) atoms. The van der Waals surface area contributed by atoms with Crippen molar-refractivity contribution in [2.45, 2.75) is 31.4 Å². The molecule has 2 N–H and O–H groups in total. The molecule has 0 aliphatic rings. The maximum absolute atomic E-state index is 12.4. The Morgan fingerprint density at radius 2 is 1.68 bits per heavy atom. The molecule has 0 spiro atoms. The molecule has 0 bridgehead atoms. The Hall–Kier alpha value is -1.70. The van der Waals surface area contributed by atoms with E-state index in [9.17, 15) is 22.0 Å². The van der Waals surface area contributed by atoms with Crippen LogP contribution in [0.5, 0.6) is 0 Å². The van der Waals surface area contributed by atoms with Gasteiger partial charge in [0.2, 0.25) is 15.7 Å². The maximum atomic E-state index is 12.4. The number of rotatable bonds is 6. The largest absolute Gasteiger partial charge is 0.383 e. The molecule has 1 rings (SSSR count). The van der Waals surface area contributed by atoms with Crippen LogP contribution in [0.4, 0.5) is 14.5 Å². The highest BCUT2D eigenvalue weighted by Crippen LogP contribution is 2.20. The average molecular weight is 334 g/mol. The number of anilines is 1. The second kappa shape index (κ2) is 7.04. The molecular weight excluding hydrogens is 314 g/mol. The molecule has 0 saturated heterocycles. The summed E-state index contributed by atoms with van der Waals surface area (Å²) in [5.74, 6) is -3.51. The van der Waals surface area contributed by atoms with Gasteiger partial charge in [0, 0.05) is 24.2 Å².